The second-order valence-electron chi connectivity index (χ2n) is 5.03. The van der Waals surface area contributed by atoms with E-state index in [-0.39, 0.29) is 5.56 Å². The first-order valence-corrected chi connectivity index (χ1v) is 6.17. The Kier molecular flexibility index (Phi) is 3.83. The average Bonchev–Trinajstić information content (AvgIpc) is 2.75. The first-order valence-electron chi connectivity index (χ1n) is 6.17. The summed E-state index contributed by atoms with van der Waals surface area (Å²) >= 11 is 0. The zero-order chi connectivity index (χ0) is 14.0. The van der Waals surface area contributed by atoms with Gasteiger partial charge in [-0.15, -0.1) is 0 Å². The molecule has 19 heavy (non-hydrogen) atoms. The molecule has 1 heterocycles. The van der Waals surface area contributed by atoms with Crippen molar-refractivity contribution in [2.75, 3.05) is 5.73 Å². The topological polar surface area (TPSA) is 43.8 Å². The third kappa shape index (κ3) is 3.30. The van der Waals surface area contributed by atoms with E-state index in [1.807, 2.05) is 10.9 Å². The number of aromatic nitrogens is 2. The highest BCUT2D eigenvalue weighted by molar-refractivity contribution is 5.67. The molecule has 2 N–H and O–H groups in total. The Morgan fingerprint density at radius 3 is 2.58 bits per heavy atom. The molecule has 0 amide bonds. The maximum Gasteiger partial charge on any atom is 0.263 e. The fourth-order valence-corrected chi connectivity index (χ4v) is 1.96. The number of hydrogen-bond donors (Lipinski definition) is 1. The predicted molar refractivity (Wildman–Crippen MR) is 71.9 cm³/mol. The summed E-state index contributed by atoms with van der Waals surface area (Å²) < 4.78 is 27.3. The van der Waals surface area contributed by atoms with Crippen LogP contribution in [0.15, 0.2) is 30.6 Å². The van der Waals surface area contributed by atoms with E-state index in [9.17, 15) is 8.78 Å². The maximum atomic E-state index is 12.7. The SMILES string of the molecule is CC(C)Cn1cc(-c2cc(N)cc(C(F)F)c2)cn1. The van der Waals surface area contributed by atoms with Gasteiger partial charge in [-0.25, -0.2) is 8.78 Å². The first-order chi connectivity index (χ1) is 8.95. The molecule has 5 heteroatoms. The second kappa shape index (κ2) is 5.38. The van der Waals surface area contributed by atoms with Gasteiger partial charge in [0.05, 0.1) is 6.20 Å². The molecule has 2 rings (SSSR count). The van der Waals surface area contributed by atoms with Crippen molar-refractivity contribution in [3.63, 3.8) is 0 Å². The van der Waals surface area contributed by atoms with Crippen molar-refractivity contribution in [3.8, 4) is 11.1 Å². The summed E-state index contributed by atoms with van der Waals surface area (Å²) in [5.74, 6) is 0.477. The van der Waals surface area contributed by atoms with Gasteiger partial charge in [-0.2, -0.15) is 5.10 Å². The van der Waals surface area contributed by atoms with E-state index < -0.39 is 6.43 Å². The minimum Gasteiger partial charge on any atom is -0.399 e. The van der Waals surface area contributed by atoms with Gasteiger partial charge in [0.25, 0.3) is 6.43 Å². The highest BCUT2D eigenvalue weighted by Gasteiger charge is 2.11. The van der Waals surface area contributed by atoms with E-state index >= 15 is 0 Å². The number of benzene rings is 1. The molecule has 0 unspecified atom stereocenters. The molecular formula is C14H17F2N3. The third-order valence-electron chi connectivity index (χ3n) is 2.75. The highest BCUT2D eigenvalue weighted by Crippen LogP contribution is 2.28. The van der Waals surface area contributed by atoms with Crippen molar-refractivity contribution >= 4 is 5.69 Å². The summed E-state index contributed by atoms with van der Waals surface area (Å²) in [5.41, 5.74) is 7.41. The molecule has 0 fully saturated rings. The van der Waals surface area contributed by atoms with Crippen LogP contribution >= 0.6 is 0 Å². The van der Waals surface area contributed by atoms with Crippen LogP contribution in [0.4, 0.5) is 14.5 Å². The van der Waals surface area contributed by atoms with Crippen molar-refractivity contribution in [1.29, 1.82) is 0 Å². The molecule has 1 aromatic heterocycles. The third-order valence-corrected chi connectivity index (χ3v) is 2.75. The number of nitrogens with zero attached hydrogens (tertiary/aromatic N) is 2. The number of nitrogen functional groups attached to an aromatic ring is 1. The lowest BCUT2D eigenvalue weighted by Gasteiger charge is -2.06. The fraction of sp³-hybridized carbons (Fsp3) is 0.357. The van der Waals surface area contributed by atoms with E-state index in [0.717, 1.165) is 12.1 Å². The molecule has 102 valence electrons. The fourth-order valence-electron chi connectivity index (χ4n) is 1.96. The lowest BCUT2D eigenvalue weighted by atomic mass is 10.1. The van der Waals surface area contributed by atoms with Crippen molar-refractivity contribution < 1.29 is 8.78 Å². The standard InChI is InChI=1S/C14H17F2N3/c1-9(2)7-19-8-12(6-18-19)10-3-11(14(15)16)5-13(17)4-10/h3-6,8-9,14H,7,17H2,1-2H3. The lowest BCUT2D eigenvalue weighted by molar-refractivity contribution is 0.151. The van der Waals surface area contributed by atoms with E-state index in [4.69, 9.17) is 5.73 Å². The van der Waals surface area contributed by atoms with Gasteiger partial charge in [0.1, 0.15) is 0 Å². The summed E-state index contributed by atoms with van der Waals surface area (Å²) in [6, 6.07) is 4.44. The second-order valence-corrected chi connectivity index (χ2v) is 5.03. The number of anilines is 1. The number of nitrogens with two attached hydrogens (primary N) is 1. The van der Waals surface area contributed by atoms with Gasteiger partial charge < -0.3 is 5.73 Å². The zero-order valence-corrected chi connectivity index (χ0v) is 11.0. The van der Waals surface area contributed by atoms with Crippen LogP contribution in [0.1, 0.15) is 25.8 Å². The van der Waals surface area contributed by atoms with Gasteiger partial charge in [-0.05, 0) is 29.7 Å². The van der Waals surface area contributed by atoms with Crippen LogP contribution < -0.4 is 5.73 Å². The summed E-state index contributed by atoms with van der Waals surface area (Å²) in [7, 11) is 0. The van der Waals surface area contributed by atoms with E-state index in [2.05, 4.69) is 18.9 Å². The molecule has 0 saturated carbocycles. The Morgan fingerprint density at radius 1 is 1.21 bits per heavy atom. The number of rotatable bonds is 4. The summed E-state index contributed by atoms with van der Waals surface area (Å²) in [5, 5.41) is 4.23. The maximum absolute atomic E-state index is 12.7. The Hall–Kier alpha value is -1.91. The van der Waals surface area contributed by atoms with Crippen molar-refractivity contribution in [3.05, 3.63) is 36.2 Å². The number of hydrogen-bond acceptors (Lipinski definition) is 2. The van der Waals surface area contributed by atoms with Gasteiger partial charge in [-0.3, -0.25) is 4.68 Å². The molecule has 2 aromatic rings. The summed E-state index contributed by atoms with van der Waals surface area (Å²) in [6.45, 7) is 4.98. The van der Waals surface area contributed by atoms with Crippen LogP contribution in [0.2, 0.25) is 0 Å². The molecule has 0 spiro atoms. The van der Waals surface area contributed by atoms with Crippen molar-refractivity contribution in [1.82, 2.24) is 9.78 Å². The molecule has 3 nitrogen and oxygen atoms in total. The normalized spacial score (nSPS) is 11.5. The number of alkyl halides is 2. The average molecular weight is 265 g/mol. The highest BCUT2D eigenvalue weighted by atomic mass is 19.3. The van der Waals surface area contributed by atoms with Gasteiger partial charge >= 0.3 is 0 Å². The van der Waals surface area contributed by atoms with E-state index in [0.29, 0.717) is 17.2 Å². The van der Waals surface area contributed by atoms with Crippen molar-refractivity contribution in [2.24, 2.45) is 5.92 Å². The van der Waals surface area contributed by atoms with Gasteiger partial charge in [0.15, 0.2) is 0 Å². The first kappa shape index (κ1) is 13.5. The zero-order valence-electron chi connectivity index (χ0n) is 11.0. The van der Waals surface area contributed by atoms with Crippen LogP contribution in [-0.2, 0) is 6.54 Å². The molecule has 1 aromatic carbocycles. The van der Waals surface area contributed by atoms with Gasteiger partial charge in [-0.1, -0.05) is 13.8 Å². The minimum atomic E-state index is -2.52. The molecule has 0 aliphatic carbocycles. The van der Waals surface area contributed by atoms with Crippen LogP contribution in [-0.4, -0.2) is 9.78 Å². The lowest BCUT2D eigenvalue weighted by Crippen LogP contribution is -2.03. The smallest absolute Gasteiger partial charge is 0.263 e. The molecule has 0 aliphatic rings. The Morgan fingerprint density at radius 2 is 1.95 bits per heavy atom. The Balaban J connectivity index is 2.33. The summed E-state index contributed by atoms with van der Waals surface area (Å²) in [6.07, 6.45) is 1.00. The molecule has 0 aliphatic heterocycles. The number of halogens is 2. The predicted octanol–water partition coefficient (Wildman–Crippen LogP) is 3.73. The monoisotopic (exact) mass is 265 g/mol. The van der Waals surface area contributed by atoms with Gasteiger partial charge in [0.2, 0.25) is 0 Å². The van der Waals surface area contributed by atoms with Crippen molar-refractivity contribution in [2.45, 2.75) is 26.8 Å². The van der Waals surface area contributed by atoms with Crippen LogP contribution in [0.25, 0.3) is 11.1 Å². The van der Waals surface area contributed by atoms with Crippen LogP contribution in [0.5, 0.6) is 0 Å². The summed E-state index contributed by atoms with van der Waals surface area (Å²) in [4.78, 5) is 0. The quantitative estimate of drug-likeness (QED) is 0.856. The van der Waals surface area contributed by atoms with Crippen LogP contribution in [0.3, 0.4) is 0 Å². The Labute approximate surface area is 111 Å². The van der Waals surface area contributed by atoms with Crippen LogP contribution in [0, 0.1) is 5.92 Å². The van der Waals surface area contributed by atoms with E-state index in [1.54, 1.807) is 12.3 Å². The van der Waals surface area contributed by atoms with Gasteiger partial charge in [0, 0.05) is 29.6 Å². The molecular weight excluding hydrogens is 248 g/mol. The van der Waals surface area contributed by atoms with E-state index in [1.165, 1.54) is 12.1 Å². The molecule has 0 bridgehead atoms. The largest absolute Gasteiger partial charge is 0.399 e. The Bertz CT molecular complexity index is 562. The molecule has 0 atom stereocenters. The minimum absolute atomic E-state index is 0.0633. The molecule has 0 radical (unpaired) electrons. The molecule has 0 saturated heterocycles.